The highest BCUT2D eigenvalue weighted by Crippen LogP contribution is 2.23. The Morgan fingerprint density at radius 3 is 2.73 bits per heavy atom. The smallest absolute Gasteiger partial charge is 0.281 e. The van der Waals surface area contributed by atoms with Gasteiger partial charge in [-0.05, 0) is 11.6 Å². The van der Waals surface area contributed by atoms with Gasteiger partial charge in [-0.2, -0.15) is 5.26 Å². The van der Waals surface area contributed by atoms with Gasteiger partial charge < -0.3 is 0 Å². The van der Waals surface area contributed by atoms with Crippen LogP contribution in [0.15, 0.2) is 6.07 Å². The molecule has 0 spiro atoms. The minimum absolute atomic E-state index is 0.0684. The van der Waals surface area contributed by atoms with Gasteiger partial charge in [0.15, 0.2) is 6.29 Å². The number of halogens is 3. The predicted octanol–water partition coefficient (Wildman–Crippen LogP) is 2.60. The number of aldehydes is 1. The summed E-state index contributed by atoms with van der Waals surface area (Å²) in [6, 6.07) is 2.87. The molecule has 0 aliphatic carbocycles. The lowest BCUT2D eigenvalue weighted by molar-refractivity contribution is 0.111. The largest absolute Gasteiger partial charge is 0.296 e. The molecule has 1 rings (SSSR count). The van der Waals surface area contributed by atoms with Gasteiger partial charge in [0.2, 0.25) is 0 Å². The molecule has 0 unspecified atom stereocenters. The summed E-state index contributed by atoms with van der Waals surface area (Å²) in [6.07, 6.45) is -2.47. The van der Waals surface area contributed by atoms with Crippen molar-refractivity contribution in [1.29, 1.82) is 5.26 Å². The second-order valence-corrected chi connectivity index (χ2v) is 3.19. The number of aromatic nitrogens is 1. The van der Waals surface area contributed by atoms with E-state index in [0.29, 0.717) is 11.8 Å². The Labute approximate surface area is 92.9 Å². The van der Waals surface area contributed by atoms with E-state index in [4.69, 9.17) is 5.26 Å². The van der Waals surface area contributed by atoms with E-state index in [9.17, 15) is 13.6 Å². The van der Waals surface area contributed by atoms with Crippen LogP contribution in [0.4, 0.5) is 8.78 Å². The van der Waals surface area contributed by atoms with Crippen molar-refractivity contribution in [3.63, 3.8) is 0 Å². The molecule has 1 aromatic heterocycles. The fourth-order valence-electron chi connectivity index (χ4n) is 1.05. The molecule has 1 heterocycles. The number of carbonyl (C=O) groups excluding carboxylic acids is 1. The third-order valence-electron chi connectivity index (χ3n) is 1.75. The maximum absolute atomic E-state index is 12.4. The molecule has 1 aromatic rings. The van der Waals surface area contributed by atoms with Crippen LogP contribution < -0.4 is 0 Å². The zero-order valence-electron chi connectivity index (χ0n) is 7.38. The van der Waals surface area contributed by atoms with Gasteiger partial charge in [-0.3, -0.25) is 4.79 Å². The zero-order valence-corrected chi connectivity index (χ0v) is 8.96. The Morgan fingerprint density at radius 2 is 2.33 bits per heavy atom. The Kier molecular flexibility index (Phi) is 3.86. The Morgan fingerprint density at radius 1 is 1.67 bits per heavy atom. The van der Waals surface area contributed by atoms with Crippen LogP contribution in [0.25, 0.3) is 0 Å². The predicted molar refractivity (Wildman–Crippen MR) is 51.9 cm³/mol. The number of nitrogens with zero attached hydrogens (tertiary/aromatic N) is 2. The number of hydrogen-bond donors (Lipinski definition) is 0. The molecule has 0 fully saturated rings. The van der Waals surface area contributed by atoms with Crippen LogP contribution in [0, 0.1) is 11.3 Å². The maximum Gasteiger partial charge on any atom is 0.281 e. The Balaban J connectivity index is 3.42. The second kappa shape index (κ2) is 4.94. The average Bonchev–Trinajstić information content (AvgIpc) is 2.26. The van der Waals surface area contributed by atoms with Crippen LogP contribution in [0.3, 0.4) is 0 Å². The number of pyridine rings is 1. The van der Waals surface area contributed by atoms with Gasteiger partial charge in [0, 0.05) is 5.33 Å². The van der Waals surface area contributed by atoms with Crippen molar-refractivity contribution in [1.82, 2.24) is 4.98 Å². The minimum Gasteiger partial charge on any atom is -0.296 e. The third-order valence-corrected chi connectivity index (χ3v) is 2.35. The van der Waals surface area contributed by atoms with Crippen molar-refractivity contribution < 1.29 is 13.6 Å². The molecule has 0 N–H and O–H groups in total. The summed E-state index contributed by atoms with van der Waals surface area (Å²) >= 11 is 3.08. The average molecular weight is 275 g/mol. The van der Waals surface area contributed by atoms with E-state index in [1.165, 1.54) is 6.07 Å². The van der Waals surface area contributed by atoms with Gasteiger partial charge in [-0.1, -0.05) is 15.9 Å². The highest BCUT2D eigenvalue weighted by atomic mass is 79.9. The van der Waals surface area contributed by atoms with E-state index in [-0.39, 0.29) is 16.6 Å². The molecule has 6 heteroatoms. The van der Waals surface area contributed by atoms with E-state index in [0.717, 1.165) is 0 Å². The first-order valence-corrected chi connectivity index (χ1v) is 4.99. The number of rotatable bonds is 3. The molecule has 3 nitrogen and oxygen atoms in total. The van der Waals surface area contributed by atoms with Gasteiger partial charge in [-0.15, -0.1) is 0 Å². The number of nitriles is 1. The van der Waals surface area contributed by atoms with Crippen LogP contribution in [0.1, 0.15) is 33.7 Å². The first-order valence-electron chi connectivity index (χ1n) is 3.87. The van der Waals surface area contributed by atoms with Crippen molar-refractivity contribution >= 4 is 22.2 Å². The molecule has 78 valence electrons. The van der Waals surface area contributed by atoms with Gasteiger partial charge in [0.25, 0.3) is 6.43 Å². The van der Waals surface area contributed by atoms with Crippen molar-refractivity contribution in [3.8, 4) is 6.07 Å². The van der Waals surface area contributed by atoms with Crippen molar-refractivity contribution in [2.75, 3.05) is 0 Å². The molecule has 0 atom stereocenters. The maximum atomic E-state index is 12.4. The van der Waals surface area contributed by atoms with Crippen molar-refractivity contribution in [2.24, 2.45) is 0 Å². The molecule has 0 aliphatic heterocycles. The number of alkyl halides is 3. The molecular weight excluding hydrogens is 270 g/mol. The lowest BCUT2D eigenvalue weighted by Crippen LogP contribution is -2.03. The lowest BCUT2D eigenvalue weighted by atomic mass is 10.1. The van der Waals surface area contributed by atoms with Crippen molar-refractivity contribution in [2.45, 2.75) is 11.8 Å². The fourth-order valence-corrected chi connectivity index (χ4v) is 1.50. The summed E-state index contributed by atoms with van der Waals surface area (Å²) in [4.78, 5) is 14.0. The molecule has 0 aliphatic rings. The highest BCUT2D eigenvalue weighted by molar-refractivity contribution is 9.08. The Bertz CT molecular complexity index is 429. The SMILES string of the molecule is N#Cc1cc(CBr)c(C=O)nc1C(F)F. The minimum atomic E-state index is -2.86. The normalized spacial score (nSPS) is 10.1. The van der Waals surface area contributed by atoms with Gasteiger partial charge >= 0.3 is 0 Å². The number of carbonyl (C=O) groups is 1. The first-order chi connectivity index (χ1) is 7.13. The summed E-state index contributed by atoms with van der Waals surface area (Å²) in [7, 11) is 0. The molecule has 0 saturated carbocycles. The third kappa shape index (κ3) is 2.36. The first kappa shape index (κ1) is 11.7. The summed E-state index contributed by atoms with van der Waals surface area (Å²) in [5.74, 6) is 0. The van der Waals surface area contributed by atoms with Gasteiger partial charge in [-0.25, -0.2) is 13.8 Å². The molecule has 0 bridgehead atoms. The van der Waals surface area contributed by atoms with E-state index in [2.05, 4.69) is 20.9 Å². The fraction of sp³-hybridized carbons (Fsp3) is 0.222. The molecule has 0 radical (unpaired) electrons. The molecule has 0 aromatic carbocycles. The van der Waals surface area contributed by atoms with Gasteiger partial charge in [0.1, 0.15) is 17.5 Å². The van der Waals surface area contributed by atoms with Crippen LogP contribution in [0.2, 0.25) is 0 Å². The lowest BCUT2D eigenvalue weighted by Gasteiger charge is -2.06. The number of hydrogen-bond acceptors (Lipinski definition) is 3. The summed E-state index contributed by atoms with van der Waals surface area (Å²) < 4.78 is 24.9. The second-order valence-electron chi connectivity index (χ2n) is 2.63. The van der Waals surface area contributed by atoms with E-state index < -0.39 is 12.1 Å². The van der Waals surface area contributed by atoms with Crippen LogP contribution in [-0.2, 0) is 5.33 Å². The van der Waals surface area contributed by atoms with Gasteiger partial charge in [0.05, 0.1) is 5.56 Å². The van der Waals surface area contributed by atoms with Crippen LogP contribution >= 0.6 is 15.9 Å². The van der Waals surface area contributed by atoms with E-state index >= 15 is 0 Å². The Hall–Kier alpha value is -1.35. The summed E-state index contributed by atoms with van der Waals surface area (Å²) in [6.45, 7) is 0. The molecule has 0 amide bonds. The molecule has 15 heavy (non-hydrogen) atoms. The summed E-state index contributed by atoms with van der Waals surface area (Å²) in [5, 5.41) is 8.91. The van der Waals surface area contributed by atoms with E-state index in [1.54, 1.807) is 6.07 Å². The monoisotopic (exact) mass is 274 g/mol. The summed E-state index contributed by atoms with van der Waals surface area (Å²) in [5.41, 5.74) is -0.499. The van der Waals surface area contributed by atoms with E-state index in [1.807, 2.05) is 0 Å². The topological polar surface area (TPSA) is 53.8 Å². The highest BCUT2D eigenvalue weighted by Gasteiger charge is 2.18. The van der Waals surface area contributed by atoms with Crippen LogP contribution in [-0.4, -0.2) is 11.3 Å². The quantitative estimate of drug-likeness (QED) is 0.629. The molecule has 0 saturated heterocycles. The standard InChI is InChI=1S/C9H5BrF2N2O/c10-2-5-1-6(3-13)8(9(11)12)14-7(5)4-15/h1,4,9H,2H2. The zero-order chi connectivity index (χ0) is 11.4. The van der Waals surface area contributed by atoms with Crippen molar-refractivity contribution in [3.05, 3.63) is 28.6 Å². The van der Waals surface area contributed by atoms with Crippen LogP contribution in [0.5, 0.6) is 0 Å². The molecular formula is C9H5BrF2N2O.